The van der Waals surface area contributed by atoms with Gasteiger partial charge in [-0.05, 0) is 25.3 Å². The van der Waals surface area contributed by atoms with Gasteiger partial charge in [0.2, 0.25) is 5.91 Å². The number of carbonyl (C=O) groups excluding carboxylic acids is 1. The van der Waals surface area contributed by atoms with Crippen molar-refractivity contribution >= 4 is 5.91 Å². The van der Waals surface area contributed by atoms with Gasteiger partial charge in [-0.1, -0.05) is 0 Å². The van der Waals surface area contributed by atoms with Crippen molar-refractivity contribution in [2.45, 2.75) is 37.8 Å². The molecule has 3 rings (SSSR count). The Labute approximate surface area is 116 Å². The van der Waals surface area contributed by atoms with Crippen LogP contribution >= 0.6 is 0 Å². The van der Waals surface area contributed by atoms with Gasteiger partial charge in [0.25, 0.3) is 5.56 Å². The molecule has 0 bridgehead atoms. The first-order chi connectivity index (χ1) is 9.74. The van der Waals surface area contributed by atoms with Crippen LogP contribution in [-0.4, -0.2) is 34.8 Å². The van der Waals surface area contributed by atoms with E-state index in [4.69, 9.17) is 0 Å². The van der Waals surface area contributed by atoms with Crippen LogP contribution in [0.5, 0.6) is 0 Å². The molecule has 3 N–H and O–H groups in total. The molecule has 1 saturated heterocycles. The zero-order chi connectivity index (χ0) is 13.9. The van der Waals surface area contributed by atoms with Gasteiger partial charge >= 0.3 is 0 Å². The Balaban J connectivity index is 1.53. The molecule has 1 aliphatic heterocycles. The van der Waals surface area contributed by atoms with Crippen LogP contribution in [0.4, 0.5) is 0 Å². The van der Waals surface area contributed by atoms with Crippen LogP contribution in [0.25, 0.3) is 0 Å². The minimum atomic E-state index is -0.183. The van der Waals surface area contributed by atoms with Crippen molar-refractivity contribution in [3.63, 3.8) is 0 Å². The second-order valence-corrected chi connectivity index (χ2v) is 5.30. The molecule has 2 fully saturated rings. The Morgan fingerprint density at radius 2 is 2.25 bits per heavy atom. The van der Waals surface area contributed by atoms with Crippen molar-refractivity contribution in [2.24, 2.45) is 0 Å². The summed E-state index contributed by atoms with van der Waals surface area (Å²) < 4.78 is 1.44. The minimum absolute atomic E-state index is 0.0404. The number of nitrogens with one attached hydrogen (secondary N) is 3. The predicted octanol–water partition coefficient (Wildman–Crippen LogP) is -0.897. The molecule has 1 aromatic rings. The second kappa shape index (κ2) is 5.72. The topological polar surface area (TPSA) is 88.0 Å². The standard InChI is InChI=1S/C13H19N5O2/c19-12-4-3-10(9-1-2-9)17-18(12)8-7-14-13(20)11-5-6-15-16-11/h3-4,9,11,15-16H,1-2,5-8H2,(H,14,20). The van der Waals surface area contributed by atoms with Gasteiger partial charge < -0.3 is 5.32 Å². The number of carbonyl (C=O) groups is 1. The van der Waals surface area contributed by atoms with Crippen LogP contribution in [0.1, 0.15) is 30.9 Å². The van der Waals surface area contributed by atoms with E-state index in [0.29, 0.717) is 19.0 Å². The van der Waals surface area contributed by atoms with Crippen LogP contribution < -0.4 is 21.7 Å². The molecule has 0 spiro atoms. The largest absolute Gasteiger partial charge is 0.353 e. The molecule has 7 nitrogen and oxygen atoms in total. The first-order valence-electron chi connectivity index (χ1n) is 7.08. The third-order valence-corrected chi connectivity index (χ3v) is 3.66. The zero-order valence-electron chi connectivity index (χ0n) is 11.3. The van der Waals surface area contributed by atoms with Crippen LogP contribution in [0.15, 0.2) is 16.9 Å². The highest BCUT2D eigenvalue weighted by atomic mass is 16.2. The molecule has 0 aromatic carbocycles. The van der Waals surface area contributed by atoms with Crippen molar-refractivity contribution in [1.29, 1.82) is 0 Å². The fourth-order valence-corrected chi connectivity index (χ4v) is 2.31. The summed E-state index contributed by atoms with van der Waals surface area (Å²) in [5.41, 5.74) is 6.68. The molecular formula is C13H19N5O2. The SMILES string of the molecule is O=C(NCCn1nc(C2CC2)ccc1=O)C1CCNN1. The van der Waals surface area contributed by atoms with Gasteiger partial charge in [-0.2, -0.15) is 5.10 Å². The summed E-state index contributed by atoms with van der Waals surface area (Å²) in [7, 11) is 0. The van der Waals surface area contributed by atoms with Crippen LogP contribution in [0, 0.1) is 0 Å². The van der Waals surface area contributed by atoms with Gasteiger partial charge in [-0.3, -0.25) is 15.0 Å². The van der Waals surface area contributed by atoms with E-state index in [2.05, 4.69) is 21.3 Å². The minimum Gasteiger partial charge on any atom is -0.353 e. The van der Waals surface area contributed by atoms with E-state index < -0.39 is 0 Å². The van der Waals surface area contributed by atoms with E-state index in [-0.39, 0.29) is 17.5 Å². The maximum Gasteiger partial charge on any atom is 0.266 e. The van der Waals surface area contributed by atoms with E-state index in [1.807, 2.05) is 6.07 Å². The quantitative estimate of drug-likeness (QED) is 0.649. The van der Waals surface area contributed by atoms with Gasteiger partial charge in [0.05, 0.1) is 12.2 Å². The maximum atomic E-state index is 11.8. The lowest BCUT2D eigenvalue weighted by Crippen LogP contribution is -2.44. The molecule has 1 aromatic heterocycles. The molecule has 20 heavy (non-hydrogen) atoms. The lowest BCUT2D eigenvalue weighted by Gasteiger charge is -2.11. The molecule has 108 valence electrons. The number of rotatable bonds is 5. The Hall–Kier alpha value is -1.73. The van der Waals surface area contributed by atoms with Crippen molar-refractivity contribution in [2.75, 3.05) is 13.1 Å². The lowest BCUT2D eigenvalue weighted by atomic mass is 10.2. The second-order valence-electron chi connectivity index (χ2n) is 5.30. The third-order valence-electron chi connectivity index (χ3n) is 3.66. The van der Waals surface area contributed by atoms with E-state index in [1.165, 1.54) is 4.68 Å². The van der Waals surface area contributed by atoms with Crippen molar-refractivity contribution in [3.8, 4) is 0 Å². The average molecular weight is 277 g/mol. The van der Waals surface area contributed by atoms with Crippen LogP contribution in [0.2, 0.25) is 0 Å². The average Bonchev–Trinajstić information content (AvgIpc) is 3.15. The zero-order valence-corrected chi connectivity index (χ0v) is 11.3. The molecule has 7 heteroatoms. The lowest BCUT2D eigenvalue weighted by molar-refractivity contribution is -0.122. The Morgan fingerprint density at radius 1 is 1.40 bits per heavy atom. The normalized spacial score (nSPS) is 21.9. The maximum absolute atomic E-state index is 11.8. The van der Waals surface area contributed by atoms with E-state index >= 15 is 0 Å². The van der Waals surface area contributed by atoms with Gasteiger partial charge in [-0.25, -0.2) is 10.1 Å². The Bertz CT molecular complexity index is 546. The predicted molar refractivity (Wildman–Crippen MR) is 73.0 cm³/mol. The Morgan fingerprint density at radius 3 is 2.95 bits per heavy atom. The van der Waals surface area contributed by atoms with Crippen LogP contribution in [0.3, 0.4) is 0 Å². The van der Waals surface area contributed by atoms with Gasteiger partial charge in [0, 0.05) is 25.1 Å². The van der Waals surface area contributed by atoms with Gasteiger partial charge in [-0.15, -0.1) is 0 Å². The molecule has 2 heterocycles. The smallest absolute Gasteiger partial charge is 0.266 e. The summed E-state index contributed by atoms with van der Waals surface area (Å²) in [6, 6.07) is 3.19. The molecule has 1 aliphatic carbocycles. The molecule has 0 radical (unpaired) electrons. The van der Waals surface area contributed by atoms with E-state index in [0.717, 1.165) is 31.5 Å². The number of aromatic nitrogens is 2. The third kappa shape index (κ3) is 3.05. The molecule has 1 amide bonds. The number of hydrogen-bond donors (Lipinski definition) is 3. The monoisotopic (exact) mass is 277 g/mol. The first kappa shape index (κ1) is 13.3. The van der Waals surface area contributed by atoms with E-state index in [1.54, 1.807) is 6.07 Å². The molecule has 1 saturated carbocycles. The summed E-state index contributed by atoms with van der Waals surface area (Å²) in [4.78, 5) is 23.5. The number of hydrazine groups is 1. The highest BCUT2D eigenvalue weighted by Gasteiger charge is 2.25. The number of hydrogen-bond acceptors (Lipinski definition) is 5. The molecule has 2 aliphatic rings. The summed E-state index contributed by atoms with van der Waals surface area (Å²) in [5.74, 6) is 0.478. The fraction of sp³-hybridized carbons (Fsp3) is 0.615. The fourth-order valence-electron chi connectivity index (χ4n) is 2.31. The summed E-state index contributed by atoms with van der Waals surface area (Å²) >= 11 is 0. The molecule has 1 atom stereocenters. The summed E-state index contributed by atoms with van der Waals surface area (Å²) in [6.45, 7) is 1.62. The number of amides is 1. The van der Waals surface area contributed by atoms with Gasteiger partial charge in [0.1, 0.15) is 6.04 Å². The van der Waals surface area contributed by atoms with Crippen molar-refractivity contribution in [1.82, 2.24) is 25.9 Å². The first-order valence-corrected chi connectivity index (χ1v) is 7.08. The molecule has 1 unspecified atom stereocenters. The number of nitrogens with zero attached hydrogens (tertiary/aromatic N) is 2. The van der Waals surface area contributed by atoms with Crippen LogP contribution in [-0.2, 0) is 11.3 Å². The summed E-state index contributed by atoms with van der Waals surface area (Å²) in [5, 5.41) is 7.18. The highest BCUT2D eigenvalue weighted by molar-refractivity contribution is 5.81. The van der Waals surface area contributed by atoms with Gasteiger partial charge in [0.15, 0.2) is 0 Å². The van der Waals surface area contributed by atoms with Crippen molar-refractivity contribution in [3.05, 3.63) is 28.2 Å². The summed E-state index contributed by atoms with van der Waals surface area (Å²) in [6.07, 6.45) is 3.09. The van der Waals surface area contributed by atoms with E-state index in [9.17, 15) is 9.59 Å². The Kier molecular flexibility index (Phi) is 3.79. The molecular weight excluding hydrogens is 258 g/mol. The van der Waals surface area contributed by atoms with Crippen molar-refractivity contribution < 1.29 is 4.79 Å². The highest BCUT2D eigenvalue weighted by Crippen LogP contribution is 2.38.